The topological polar surface area (TPSA) is 55.4 Å². The van der Waals surface area contributed by atoms with Gasteiger partial charge >= 0.3 is 0 Å². The van der Waals surface area contributed by atoms with Gasteiger partial charge in [0.2, 0.25) is 10.0 Å². The fourth-order valence-corrected chi connectivity index (χ4v) is 3.78. The van der Waals surface area contributed by atoms with Crippen LogP contribution in [0.4, 0.5) is 0 Å². The molecular formula is C18H23NO3S. The molecule has 0 aliphatic rings. The zero-order chi connectivity index (χ0) is 17.0. The second-order valence-electron chi connectivity index (χ2n) is 5.82. The van der Waals surface area contributed by atoms with E-state index in [0.717, 1.165) is 5.56 Å². The van der Waals surface area contributed by atoms with Gasteiger partial charge in [0.1, 0.15) is 10.6 Å². The van der Waals surface area contributed by atoms with Crippen LogP contribution in [0.15, 0.2) is 53.4 Å². The maximum absolute atomic E-state index is 12.6. The molecular weight excluding hydrogens is 310 g/mol. The molecule has 0 fully saturated rings. The summed E-state index contributed by atoms with van der Waals surface area (Å²) in [5, 5.41) is 0. The maximum atomic E-state index is 12.6. The lowest BCUT2D eigenvalue weighted by molar-refractivity contribution is 0.402. The van der Waals surface area contributed by atoms with Crippen molar-refractivity contribution in [3.05, 3.63) is 59.7 Å². The van der Waals surface area contributed by atoms with Gasteiger partial charge in [-0.05, 0) is 36.1 Å². The van der Waals surface area contributed by atoms with Crippen molar-refractivity contribution >= 4 is 10.0 Å². The van der Waals surface area contributed by atoms with E-state index >= 15 is 0 Å². The highest BCUT2D eigenvalue weighted by atomic mass is 32.2. The van der Waals surface area contributed by atoms with Gasteiger partial charge in [0.25, 0.3) is 0 Å². The van der Waals surface area contributed by atoms with Crippen LogP contribution in [-0.2, 0) is 10.0 Å². The van der Waals surface area contributed by atoms with Gasteiger partial charge in [0.05, 0.1) is 7.11 Å². The third-order valence-electron chi connectivity index (χ3n) is 3.79. The van der Waals surface area contributed by atoms with Crippen molar-refractivity contribution in [2.45, 2.75) is 37.6 Å². The van der Waals surface area contributed by atoms with E-state index in [4.69, 9.17) is 4.74 Å². The van der Waals surface area contributed by atoms with Crippen LogP contribution in [0.25, 0.3) is 0 Å². The molecule has 5 heteroatoms. The first-order valence-corrected chi connectivity index (χ1v) is 9.08. The predicted octanol–water partition coefficient (Wildman–Crippen LogP) is 3.86. The third-order valence-corrected chi connectivity index (χ3v) is 5.37. The molecule has 2 aromatic rings. The Morgan fingerprint density at radius 3 is 2.04 bits per heavy atom. The molecule has 2 rings (SSSR count). The van der Waals surface area contributed by atoms with Crippen molar-refractivity contribution in [2.24, 2.45) is 0 Å². The monoisotopic (exact) mass is 333 g/mol. The van der Waals surface area contributed by atoms with Crippen LogP contribution in [0.1, 0.15) is 43.9 Å². The lowest BCUT2D eigenvalue weighted by Gasteiger charge is -2.17. The fraction of sp³-hybridized carbons (Fsp3) is 0.333. The third kappa shape index (κ3) is 4.12. The predicted molar refractivity (Wildman–Crippen MR) is 92.3 cm³/mol. The van der Waals surface area contributed by atoms with Crippen LogP contribution in [0.5, 0.6) is 5.75 Å². The highest BCUT2D eigenvalue weighted by Gasteiger charge is 2.22. The molecule has 0 aliphatic carbocycles. The Kier molecular flexibility index (Phi) is 5.44. The summed E-state index contributed by atoms with van der Waals surface area (Å²) in [6, 6.07) is 14.3. The summed E-state index contributed by atoms with van der Waals surface area (Å²) in [5.41, 5.74) is 2.15. The molecule has 0 bridgehead atoms. The van der Waals surface area contributed by atoms with Crippen LogP contribution in [0.3, 0.4) is 0 Å². The molecule has 2 aromatic carbocycles. The number of hydrogen-bond acceptors (Lipinski definition) is 3. The minimum Gasteiger partial charge on any atom is -0.495 e. The molecule has 1 unspecified atom stereocenters. The highest BCUT2D eigenvalue weighted by molar-refractivity contribution is 7.89. The summed E-state index contributed by atoms with van der Waals surface area (Å²) >= 11 is 0. The summed E-state index contributed by atoms with van der Waals surface area (Å²) in [7, 11) is -2.19. The normalized spacial score (nSPS) is 13.1. The van der Waals surface area contributed by atoms with Crippen LogP contribution in [0, 0.1) is 0 Å². The Hall–Kier alpha value is -1.85. The van der Waals surface area contributed by atoms with E-state index in [9.17, 15) is 8.42 Å². The molecule has 1 atom stereocenters. The van der Waals surface area contributed by atoms with E-state index < -0.39 is 10.0 Å². The molecule has 0 amide bonds. The van der Waals surface area contributed by atoms with Crippen molar-refractivity contribution in [2.75, 3.05) is 7.11 Å². The lowest BCUT2D eigenvalue weighted by Crippen LogP contribution is -2.27. The maximum Gasteiger partial charge on any atom is 0.244 e. The second kappa shape index (κ2) is 7.15. The first-order chi connectivity index (χ1) is 10.8. The van der Waals surface area contributed by atoms with Crippen LogP contribution in [0.2, 0.25) is 0 Å². The number of para-hydroxylation sites is 1. The van der Waals surface area contributed by atoms with Crippen LogP contribution < -0.4 is 9.46 Å². The number of ether oxygens (including phenoxy) is 1. The molecule has 4 nitrogen and oxygen atoms in total. The molecule has 0 saturated carbocycles. The minimum atomic E-state index is -3.65. The number of hydrogen-bond donors (Lipinski definition) is 1. The molecule has 1 N–H and O–H groups in total. The van der Waals surface area contributed by atoms with Crippen molar-refractivity contribution in [1.82, 2.24) is 4.72 Å². The van der Waals surface area contributed by atoms with Gasteiger partial charge in [-0.1, -0.05) is 50.2 Å². The Morgan fingerprint density at radius 2 is 1.48 bits per heavy atom. The average molecular weight is 333 g/mol. The zero-order valence-electron chi connectivity index (χ0n) is 13.9. The van der Waals surface area contributed by atoms with Crippen LogP contribution >= 0.6 is 0 Å². The average Bonchev–Trinajstić information content (AvgIpc) is 2.54. The summed E-state index contributed by atoms with van der Waals surface area (Å²) in [6.07, 6.45) is 0. The second-order valence-corrected chi connectivity index (χ2v) is 7.50. The van der Waals surface area contributed by atoms with Crippen LogP contribution in [-0.4, -0.2) is 15.5 Å². The van der Waals surface area contributed by atoms with Gasteiger partial charge in [-0.25, -0.2) is 13.1 Å². The van der Waals surface area contributed by atoms with E-state index in [-0.39, 0.29) is 10.9 Å². The zero-order valence-corrected chi connectivity index (χ0v) is 14.7. The number of methoxy groups -OCH3 is 1. The molecule has 0 heterocycles. The number of rotatable bonds is 6. The molecule has 0 aromatic heterocycles. The molecule has 0 radical (unpaired) electrons. The van der Waals surface area contributed by atoms with Gasteiger partial charge in [0, 0.05) is 6.04 Å². The molecule has 23 heavy (non-hydrogen) atoms. The Balaban J connectivity index is 2.22. The SMILES string of the molecule is COc1ccccc1S(=O)(=O)NC(C)c1ccc(C(C)C)cc1. The van der Waals surface area contributed by atoms with Gasteiger partial charge in [0.15, 0.2) is 0 Å². The van der Waals surface area contributed by atoms with Crippen molar-refractivity contribution in [1.29, 1.82) is 0 Å². The first-order valence-electron chi connectivity index (χ1n) is 7.60. The summed E-state index contributed by atoms with van der Waals surface area (Å²) in [4.78, 5) is 0.146. The van der Waals surface area contributed by atoms with Gasteiger partial charge < -0.3 is 4.74 Å². The molecule has 0 aliphatic heterocycles. The fourth-order valence-electron chi connectivity index (χ4n) is 2.37. The van der Waals surface area contributed by atoms with E-state index in [0.29, 0.717) is 11.7 Å². The van der Waals surface area contributed by atoms with Gasteiger partial charge in [-0.15, -0.1) is 0 Å². The van der Waals surface area contributed by atoms with Gasteiger partial charge in [-0.2, -0.15) is 0 Å². The highest BCUT2D eigenvalue weighted by Crippen LogP contribution is 2.25. The number of benzene rings is 2. The van der Waals surface area contributed by atoms with E-state index in [1.165, 1.54) is 18.7 Å². The van der Waals surface area contributed by atoms with Crippen molar-refractivity contribution in [3.63, 3.8) is 0 Å². The van der Waals surface area contributed by atoms with Gasteiger partial charge in [-0.3, -0.25) is 0 Å². The molecule has 0 saturated heterocycles. The van der Waals surface area contributed by atoms with E-state index in [1.807, 2.05) is 31.2 Å². The quantitative estimate of drug-likeness (QED) is 0.873. The molecule has 124 valence electrons. The minimum absolute atomic E-state index is 0.146. The van der Waals surface area contributed by atoms with Crippen molar-refractivity contribution < 1.29 is 13.2 Å². The molecule has 0 spiro atoms. The Morgan fingerprint density at radius 1 is 0.913 bits per heavy atom. The van der Waals surface area contributed by atoms with E-state index in [1.54, 1.807) is 18.2 Å². The lowest BCUT2D eigenvalue weighted by atomic mass is 10.00. The largest absolute Gasteiger partial charge is 0.495 e. The van der Waals surface area contributed by atoms with Crippen molar-refractivity contribution in [3.8, 4) is 5.75 Å². The standard InChI is InChI=1S/C18H23NO3S/c1-13(2)15-9-11-16(12-10-15)14(3)19-23(20,21)18-8-6-5-7-17(18)22-4/h5-14,19H,1-4H3. The number of nitrogens with one attached hydrogen (secondary N) is 1. The Labute approximate surface area is 138 Å². The first kappa shape index (κ1) is 17.5. The number of sulfonamides is 1. The van der Waals surface area contributed by atoms with E-state index in [2.05, 4.69) is 18.6 Å². The summed E-state index contributed by atoms with van der Waals surface area (Å²) < 4.78 is 33.0. The smallest absolute Gasteiger partial charge is 0.244 e. The summed E-state index contributed by atoms with van der Waals surface area (Å²) in [6.45, 7) is 6.09. The summed E-state index contributed by atoms with van der Waals surface area (Å²) in [5.74, 6) is 0.784. The Bertz CT molecular complexity index is 752.